The van der Waals surface area contributed by atoms with Gasteiger partial charge in [0.15, 0.2) is 6.61 Å². The Morgan fingerprint density at radius 3 is 2.77 bits per heavy atom. The zero-order valence-corrected chi connectivity index (χ0v) is 14.5. The van der Waals surface area contributed by atoms with Crippen molar-refractivity contribution < 1.29 is 19.1 Å². The monoisotopic (exact) mass is 350 g/mol. The lowest BCUT2D eigenvalue weighted by Crippen LogP contribution is -2.21. The van der Waals surface area contributed by atoms with Crippen LogP contribution in [0, 0.1) is 6.92 Å². The summed E-state index contributed by atoms with van der Waals surface area (Å²) >= 11 is 0. The highest BCUT2D eigenvalue weighted by Crippen LogP contribution is 2.21. The smallest absolute Gasteiger partial charge is 0.338 e. The maximum atomic E-state index is 12.1. The van der Waals surface area contributed by atoms with Gasteiger partial charge in [0.1, 0.15) is 5.75 Å². The number of carbonyl (C=O) groups excluding carboxylic acids is 2. The third-order valence-electron chi connectivity index (χ3n) is 3.90. The van der Waals surface area contributed by atoms with Crippen LogP contribution in [0.3, 0.4) is 0 Å². The highest BCUT2D eigenvalue weighted by atomic mass is 16.5. The SMILES string of the molecule is COc1cc(C(=O)OCC(=O)Nc2cccc3ncccc23)ccc1C. The Hall–Kier alpha value is -3.41. The summed E-state index contributed by atoms with van der Waals surface area (Å²) in [6.07, 6.45) is 1.69. The molecule has 0 aliphatic carbocycles. The molecule has 3 rings (SSSR count). The average Bonchev–Trinajstić information content (AvgIpc) is 2.67. The number of benzene rings is 2. The van der Waals surface area contributed by atoms with Crippen LogP contribution in [0.1, 0.15) is 15.9 Å². The number of esters is 1. The lowest BCUT2D eigenvalue weighted by Gasteiger charge is -2.10. The molecule has 2 aromatic carbocycles. The average molecular weight is 350 g/mol. The quantitative estimate of drug-likeness (QED) is 0.714. The molecule has 0 aliphatic heterocycles. The van der Waals surface area contributed by atoms with Crippen LogP contribution >= 0.6 is 0 Å². The van der Waals surface area contributed by atoms with Gasteiger partial charge >= 0.3 is 5.97 Å². The van der Waals surface area contributed by atoms with E-state index in [4.69, 9.17) is 9.47 Å². The Kier molecular flexibility index (Phi) is 5.12. The number of aromatic nitrogens is 1. The minimum Gasteiger partial charge on any atom is -0.496 e. The van der Waals surface area contributed by atoms with Crippen LogP contribution in [-0.2, 0) is 9.53 Å². The van der Waals surface area contributed by atoms with E-state index >= 15 is 0 Å². The van der Waals surface area contributed by atoms with Crippen LogP contribution in [-0.4, -0.2) is 30.6 Å². The fourth-order valence-electron chi connectivity index (χ4n) is 2.56. The molecule has 0 saturated heterocycles. The van der Waals surface area contributed by atoms with Crippen molar-refractivity contribution >= 4 is 28.5 Å². The van der Waals surface area contributed by atoms with E-state index in [1.165, 1.54) is 7.11 Å². The molecule has 6 nitrogen and oxygen atoms in total. The molecule has 0 spiro atoms. The summed E-state index contributed by atoms with van der Waals surface area (Å²) < 4.78 is 10.3. The molecule has 1 heterocycles. The topological polar surface area (TPSA) is 77.5 Å². The first-order valence-corrected chi connectivity index (χ1v) is 8.04. The number of amides is 1. The molecule has 0 unspecified atom stereocenters. The number of methoxy groups -OCH3 is 1. The number of pyridine rings is 1. The Balaban J connectivity index is 1.64. The van der Waals surface area contributed by atoms with Gasteiger partial charge in [-0.3, -0.25) is 9.78 Å². The number of hydrogen-bond acceptors (Lipinski definition) is 5. The Morgan fingerprint density at radius 2 is 1.96 bits per heavy atom. The van der Waals surface area contributed by atoms with Gasteiger partial charge in [-0.2, -0.15) is 0 Å². The molecule has 0 aliphatic rings. The fourth-order valence-corrected chi connectivity index (χ4v) is 2.56. The predicted molar refractivity (Wildman–Crippen MR) is 98.4 cm³/mol. The predicted octanol–water partition coefficient (Wildman–Crippen LogP) is 3.35. The minimum absolute atomic E-state index is 0.328. The minimum atomic E-state index is -0.585. The molecule has 1 amide bonds. The maximum Gasteiger partial charge on any atom is 0.338 e. The number of nitrogens with one attached hydrogen (secondary N) is 1. The van der Waals surface area contributed by atoms with Crippen LogP contribution in [0.4, 0.5) is 5.69 Å². The van der Waals surface area contributed by atoms with E-state index < -0.39 is 11.9 Å². The second kappa shape index (κ2) is 7.65. The number of fused-ring (bicyclic) bond motifs is 1. The van der Waals surface area contributed by atoms with E-state index in [1.54, 1.807) is 42.6 Å². The molecule has 0 radical (unpaired) electrons. The zero-order chi connectivity index (χ0) is 18.5. The zero-order valence-electron chi connectivity index (χ0n) is 14.5. The highest BCUT2D eigenvalue weighted by molar-refractivity contribution is 6.02. The molecule has 3 aromatic rings. The van der Waals surface area contributed by atoms with E-state index in [-0.39, 0.29) is 6.61 Å². The molecule has 0 bridgehead atoms. The van der Waals surface area contributed by atoms with E-state index in [2.05, 4.69) is 10.3 Å². The number of carbonyl (C=O) groups is 2. The summed E-state index contributed by atoms with van der Waals surface area (Å²) in [6.45, 7) is 1.49. The number of anilines is 1. The van der Waals surface area contributed by atoms with Crippen LogP contribution in [0.25, 0.3) is 10.9 Å². The van der Waals surface area contributed by atoms with Crippen LogP contribution < -0.4 is 10.1 Å². The van der Waals surface area contributed by atoms with Crippen molar-refractivity contribution in [1.29, 1.82) is 0 Å². The Labute approximate surface area is 150 Å². The normalized spacial score (nSPS) is 10.4. The van der Waals surface area contributed by atoms with E-state index in [1.807, 2.05) is 19.1 Å². The first kappa shape index (κ1) is 17.4. The second-order valence-electron chi connectivity index (χ2n) is 5.68. The fraction of sp³-hybridized carbons (Fsp3) is 0.150. The van der Waals surface area contributed by atoms with Gasteiger partial charge in [-0.15, -0.1) is 0 Å². The lowest BCUT2D eigenvalue weighted by atomic mass is 10.1. The molecule has 0 saturated carbocycles. The van der Waals surface area contributed by atoms with Gasteiger partial charge < -0.3 is 14.8 Å². The van der Waals surface area contributed by atoms with E-state index in [0.29, 0.717) is 17.0 Å². The third-order valence-corrected chi connectivity index (χ3v) is 3.90. The van der Waals surface area contributed by atoms with E-state index in [0.717, 1.165) is 16.5 Å². The number of nitrogens with zero attached hydrogens (tertiary/aromatic N) is 1. The summed E-state index contributed by atoms with van der Waals surface area (Å²) in [7, 11) is 1.53. The van der Waals surface area contributed by atoms with Gasteiger partial charge in [0, 0.05) is 11.6 Å². The first-order valence-electron chi connectivity index (χ1n) is 8.04. The molecule has 0 fully saturated rings. The van der Waals surface area contributed by atoms with Crippen molar-refractivity contribution in [3.63, 3.8) is 0 Å². The second-order valence-corrected chi connectivity index (χ2v) is 5.68. The van der Waals surface area contributed by atoms with Gasteiger partial charge in [0.2, 0.25) is 0 Å². The van der Waals surface area contributed by atoms with Crippen molar-refractivity contribution in [3.8, 4) is 5.75 Å². The van der Waals surface area contributed by atoms with Crippen LogP contribution in [0.5, 0.6) is 5.75 Å². The van der Waals surface area contributed by atoms with Crippen LogP contribution in [0.15, 0.2) is 54.7 Å². The summed E-state index contributed by atoms with van der Waals surface area (Å²) in [5, 5.41) is 3.56. The first-order chi connectivity index (χ1) is 12.6. The summed E-state index contributed by atoms with van der Waals surface area (Å²) in [4.78, 5) is 28.5. The van der Waals surface area contributed by atoms with Crippen molar-refractivity contribution in [3.05, 3.63) is 65.9 Å². The van der Waals surface area contributed by atoms with Gasteiger partial charge in [-0.05, 0) is 48.9 Å². The van der Waals surface area contributed by atoms with Crippen LogP contribution in [0.2, 0.25) is 0 Å². The number of aryl methyl sites for hydroxylation is 1. The molecule has 1 N–H and O–H groups in total. The molecule has 1 aromatic heterocycles. The number of ether oxygens (including phenoxy) is 2. The summed E-state index contributed by atoms with van der Waals surface area (Å²) in [5.41, 5.74) is 2.63. The molecule has 0 atom stereocenters. The van der Waals surface area contributed by atoms with Gasteiger partial charge in [-0.25, -0.2) is 4.79 Å². The lowest BCUT2D eigenvalue weighted by molar-refractivity contribution is -0.119. The Bertz CT molecular complexity index is 964. The van der Waals surface area contributed by atoms with Crippen molar-refractivity contribution in [2.75, 3.05) is 19.0 Å². The number of rotatable bonds is 5. The van der Waals surface area contributed by atoms with Crippen molar-refractivity contribution in [1.82, 2.24) is 4.98 Å². The largest absolute Gasteiger partial charge is 0.496 e. The third kappa shape index (κ3) is 3.80. The molecular weight excluding hydrogens is 332 g/mol. The van der Waals surface area contributed by atoms with E-state index in [9.17, 15) is 9.59 Å². The molecule has 26 heavy (non-hydrogen) atoms. The highest BCUT2D eigenvalue weighted by Gasteiger charge is 2.13. The Morgan fingerprint density at radius 1 is 1.12 bits per heavy atom. The van der Waals surface area contributed by atoms with Crippen molar-refractivity contribution in [2.24, 2.45) is 0 Å². The summed E-state index contributed by atoms with van der Waals surface area (Å²) in [6, 6.07) is 14.1. The number of hydrogen-bond donors (Lipinski definition) is 1. The van der Waals surface area contributed by atoms with Gasteiger partial charge in [0.25, 0.3) is 5.91 Å². The van der Waals surface area contributed by atoms with Gasteiger partial charge in [0.05, 0.1) is 23.9 Å². The maximum absolute atomic E-state index is 12.1. The van der Waals surface area contributed by atoms with Crippen molar-refractivity contribution in [2.45, 2.75) is 6.92 Å². The molecule has 132 valence electrons. The van der Waals surface area contributed by atoms with Gasteiger partial charge in [-0.1, -0.05) is 12.1 Å². The molecular formula is C20H18N2O4. The summed E-state index contributed by atoms with van der Waals surface area (Å²) in [5.74, 6) is -0.418. The molecule has 6 heteroatoms. The standard InChI is InChI=1S/C20H18N2O4/c1-13-8-9-14(11-18(13)25-2)20(24)26-12-19(23)22-17-7-3-6-16-15(17)5-4-10-21-16/h3-11H,12H2,1-2H3,(H,22,23).